The van der Waals surface area contributed by atoms with Crippen LogP contribution in [0.1, 0.15) is 15.9 Å². The van der Waals surface area contributed by atoms with Crippen molar-refractivity contribution in [2.75, 3.05) is 38.0 Å². The van der Waals surface area contributed by atoms with E-state index in [0.29, 0.717) is 22.7 Å². The van der Waals surface area contributed by atoms with Crippen LogP contribution >= 0.6 is 0 Å². The molecule has 0 aliphatic rings. The number of likely N-dealkylation sites (N-methyl/N-ethyl adjacent to an activating group) is 1. The number of hydrogen-bond acceptors (Lipinski definition) is 6. The zero-order valence-electron chi connectivity index (χ0n) is 16.8. The molecule has 0 unspecified atom stereocenters. The minimum atomic E-state index is -0.244. The van der Waals surface area contributed by atoms with E-state index in [2.05, 4.69) is 20.2 Å². The number of aromatic nitrogens is 2. The minimum absolute atomic E-state index is 0.244. The van der Waals surface area contributed by atoms with Gasteiger partial charge in [-0.25, -0.2) is 4.98 Å². The van der Waals surface area contributed by atoms with Crippen molar-refractivity contribution < 1.29 is 14.3 Å². The first-order valence-electron chi connectivity index (χ1n) is 9.20. The molecule has 7 heteroatoms. The van der Waals surface area contributed by atoms with E-state index in [0.717, 1.165) is 18.8 Å². The highest BCUT2D eigenvalue weighted by Gasteiger charge is 2.11. The third-order valence-electron chi connectivity index (χ3n) is 4.53. The molecule has 2 aromatic heterocycles. The zero-order chi connectivity index (χ0) is 20.6. The molecule has 1 amide bonds. The topological polar surface area (TPSA) is 76.6 Å². The summed E-state index contributed by atoms with van der Waals surface area (Å²) in [7, 11) is 5.08. The third kappa shape index (κ3) is 5.22. The summed E-state index contributed by atoms with van der Waals surface area (Å²) in [6, 6.07) is 12.8. The number of nitrogens with zero attached hydrogens (tertiary/aromatic N) is 3. The van der Waals surface area contributed by atoms with E-state index in [1.54, 1.807) is 43.9 Å². The lowest BCUT2D eigenvalue weighted by atomic mass is 10.2. The van der Waals surface area contributed by atoms with Crippen LogP contribution in [0.15, 0.2) is 61.1 Å². The van der Waals surface area contributed by atoms with Crippen molar-refractivity contribution in [1.29, 1.82) is 0 Å². The molecule has 0 aliphatic carbocycles. The number of methoxy groups -OCH3 is 2. The largest absolute Gasteiger partial charge is 0.493 e. The molecule has 3 aromatic rings. The van der Waals surface area contributed by atoms with Gasteiger partial charge < -0.3 is 19.7 Å². The van der Waals surface area contributed by atoms with Gasteiger partial charge >= 0.3 is 0 Å². The number of ether oxygens (including phenoxy) is 2. The average molecular weight is 392 g/mol. The Hall–Kier alpha value is -3.61. The molecule has 0 fully saturated rings. The normalized spacial score (nSPS) is 10.3. The van der Waals surface area contributed by atoms with E-state index in [9.17, 15) is 4.79 Å². The van der Waals surface area contributed by atoms with E-state index in [1.165, 1.54) is 12.7 Å². The van der Waals surface area contributed by atoms with Crippen molar-refractivity contribution in [1.82, 2.24) is 9.97 Å². The lowest BCUT2D eigenvalue weighted by molar-refractivity contribution is 0.102. The summed E-state index contributed by atoms with van der Waals surface area (Å²) in [6.45, 7) is 0.828. The molecule has 0 atom stereocenters. The van der Waals surface area contributed by atoms with Crippen LogP contribution in [-0.2, 0) is 6.42 Å². The summed E-state index contributed by atoms with van der Waals surface area (Å²) in [5.41, 5.74) is 2.32. The van der Waals surface area contributed by atoms with Crippen LogP contribution in [0.4, 0.5) is 11.5 Å². The Kier molecular flexibility index (Phi) is 6.63. The van der Waals surface area contributed by atoms with Crippen LogP contribution in [0.2, 0.25) is 0 Å². The Morgan fingerprint density at radius 3 is 2.45 bits per heavy atom. The highest BCUT2D eigenvalue weighted by molar-refractivity contribution is 6.04. The van der Waals surface area contributed by atoms with Gasteiger partial charge in [0.05, 0.1) is 26.1 Å². The Bertz CT molecular complexity index is 946. The molecule has 0 bridgehead atoms. The van der Waals surface area contributed by atoms with Crippen LogP contribution in [0.3, 0.4) is 0 Å². The standard InChI is InChI=1S/C22H24N4O3/c1-26(13-10-16-8-11-23-12-9-16)21-7-5-18(15-24-21)25-22(27)17-4-6-19(28-2)20(14-17)29-3/h4-9,11-12,14-15H,10,13H2,1-3H3,(H,25,27). The molecule has 150 valence electrons. The van der Waals surface area contributed by atoms with Crippen molar-refractivity contribution in [2.45, 2.75) is 6.42 Å². The lowest BCUT2D eigenvalue weighted by Crippen LogP contribution is -2.21. The smallest absolute Gasteiger partial charge is 0.255 e. The fourth-order valence-corrected chi connectivity index (χ4v) is 2.83. The zero-order valence-corrected chi connectivity index (χ0v) is 16.8. The third-order valence-corrected chi connectivity index (χ3v) is 4.53. The molecule has 1 N–H and O–H groups in total. The van der Waals surface area contributed by atoms with E-state index in [4.69, 9.17) is 9.47 Å². The SMILES string of the molecule is COc1ccc(C(=O)Nc2ccc(N(C)CCc3ccncc3)nc2)cc1OC. The van der Waals surface area contributed by atoms with Crippen LogP contribution in [0.25, 0.3) is 0 Å². The first-order valence-corrected chi connectivity index (χ1v) is 9.20. The van der Waals surface area contributed by atoms with E-state index in [1.807, 2.05) is 31.3 Å². The predicted molar refractivity (Wildman–Crippen MR) is 113 cm³/mol. The van der Waals surface area contributed by atoms with Crippen molar-refractivity contribution in [3.8, 4) is 11.5 Å². The lowest BCUT2D eigenvalue weighted by Gasteiger charge is -2.18. The quantitative estimate of drug-likeness (QED) is 0.633. The molecular formula is C22H24N4O3. The van der Waals surface area contributed by atoms with Crippen molar-refractivity contribution in [3.63, 3.8) is 0 Å². The maximum absolute atomic E-state index is 12.5. The fourth-order valence-electron chi connectivity index (χ4n) is 2.83. The molecule has 0 aliphatic heterocycles. The molecule has 7 nitrogen and oxygen atoms in total. The summed E-state index contributed by atoms with van der Waals surface area (Å²) in [5, 5.41) is 2.85. The van der Waals surface area contributed by atoms with E-state index < -0.39 is 0 Å². The van der Waals surface area contributed by atoms with Crippen LogP contribution in [0.5, 0.6) is 11.5 Å². The minimum Gasteiger partial charge on any atom is -0.493 e. The number of anilines is 2. The van der Waals surface area contributed by atoms with Gasteiger partial charge in [0.15, 0.2) is 11.5 Å². The Morgan fingerprint density at radius 2 is 1.79 bits per heavy atom. The molecule has 2 heterocycles. The number of rotatable bonds is 8. The summed E-state index contributed by atoms with van der Waals surface area (Å²) < 4.78 is 10.4. The number of hydrogen-bond donors (Lipinski definition) is 1. The van der Waals surface area contributed by atoms with Gasteiger partial charge in [0.2, 0.25) is 0 Å². The first kappa shape index (κ1) is 20.1. The predicted octanol–water partition coefficient (Wildman–Crippen LogP) is 3.43. The highest BCUT2D eigenvalue weighted by Crippen LogP contribution is 2.28. The highest BCUT2D eigenvalue weighted by atomic mass is 16.5. The summed E-state index contributed by atoms with van der Waals surface area (Å²) >= 11 is 0. The van der Waals surface area contributed by atoms with Crippen LogP contribution < -0.4 is 19.7 Å². The number of carbonyl (C=O) groups excluding carboxylic acids is 1. The Labute approximate surface area is 170 Å². The van der Waals surface area contributed by atoms with Gasteiger partial charge in [0.1, 0.15) is 5.82 Å². The van der Waals surface area contributed by atoms with Gasteiger partial charge in [-0.3, -0.25) is 9.78 Å². The second-order valence-electron chi connectivity index (χ2n) is 6.46. The average Bonchev–Trinajstić information content (AvgIpc) is 2.78. The van der Waals surface area contributed by atoms with E-state index >= 15 is 0 Å². The summed E-state index contributed by atoms with van der Waals surface area (Å²) in [5.74, 6) is 1.67. The Morgan fingerprint density at radius 1 is 1.03 bits per heavy atom. The van der Waals surface area contributed by atoms with Crippen LogP contribution in [0, 0.1) is 0 Å². The Balaban J connectivity index is 1.60. The molecule has 0 radical (unpaired) electrons. The van der Waals surface area contributed by atoms with Gasteiger partial charge in [-0.15, -0.1) is 0 Å². The molecule has 29 heavy (non-hydrogen) atoms. The van der Waals surface area contributed by atoms with Gasteiger partial charge in [-0.2, -0.15) is 0 Å². The molecule has 0 saturated carbocycles. The first-order chi connectivity index (χ1) is 14.1. The van der Waals surface area contributed by atoms with Gasteiger partial charge in [0, 0.05) is 31.5 Å². The summed E-state index contributed by atoms with van der Waals surface area (Å²) in [4.78, 5) is 23.1. The molecule has 0 saturated heterocycles. The van der Waals surface area contributed by atoms with Gasteiger partial charge in [0.25, 0.3) is 5.91 Å². The van der Waals surface area contributed by atoms with Crippen LogP contribution in [-0.4, -0.2) is 43.7 Å². The van der Waals surface area contributed by atoms with Gasteiger partial charge in [-0.1, -0.05) is 0 Å². The van der Waals surface area contributed by atoms with Crippen molar-refractivity contribution >= 4 is 17.4 Å². The number of nitrogens with one attached hydrogen (secondary N) is 1. The van der Waals surface area contributed by atoms with Gasteiger partial charge in [-0.05, 0) is 54.4 Å². The van der Waals surface area contributed by atoms with Crippen molar-refractivity contribution in [2.24, 2.45) is 0 Å². The fraction of sp³-hybridized carbons (Fsp3) is 0.227. The van der Waals surface area contributed by atoms with E-state index in [-0.39, 0.29) is 5.91 Å². The number of amides is 1. The second kappa shape index (κ2) is 9.54. The molecule has 0 spiro atoms. The molecule has 1 aromatic carbocycles. The molecule has 3 rings (SSSR count). The number of carbonyl (C=O) groups is 1. The maximum Gasteiger partial charge on any atom is 0.255 e. The second-order valence-corrected chi connectivity index (χ2v) is 6.46. The summed E-state index contributed by atoms with van der Waals surface area (Å²) in [6.07, 6.45) is 6.14. The monoisotopic (exact) mass is 392 g/mol. The number of pyridine rings is 2. The molecular weight excluding hydrogens is 368 g/mol. The maximum atomic E-state index is 12.5. The number of benzene rings is 1. The van der Waals surface area contributed by atoms with Crippen molar-refractivity contribution in [3.05, 3.63) is 72.2 Å².